The molecule has 0 saturated carbocycles. The van der Waals surface area contributed by atoms with Crippen LogP contribution in [0, 0.1) is 6.92 Å². The fourth-order valence-electron chi connectivity index (χ4n) is 3.42. The molecule has 3 rings (SSSR count). The number of aliphatic carboxylic acids is 1. The van der Waals surface area contributed by atoms with Gasteiger partial charge in [0.2, 0.25) is 15.9 Å². The van der Waals surface area contributed by atoms with Crippen LogP contribution >= 0.6 is 27.7 Å². The molecule has 174 valence electrons. The number of benzene rings is 1. The third-order valence-corrected chi connectivity index (χ3v) is 8.56. The monoisotopic (exact) mass is 544 g/mol. The highest BCUT2D eigenvalue weighted by molar-refractivity contribution is 9.10. The van der Waals surface area contributed by atoms with Crippen LogP contribution in [0.15, 0.2) is 44.7 Å². The smallest absolute Gasteiger partial charge is 0.341 e. The number of halogens is 1. The van der Waals surface area contributed by atoms with Gasteiger partial charge in [0.1, 0.15) is 10.6 Å². The summed E-state index contributed by atoms with van der Waals surface area (Å²) in [6.07, 6.45) is 2.93. The molecule has 8 nitrogen and oxygen atoms in total. The van der Waals surface area contributed by atoms with E-state index in [0.717, 1.165) is 23.3 Å². The highest BCUT2D eigenvalue weighted by Gasteiger charge is 2.35. The first-order valence-electron chi connectivity index (χ1n) is 10.1. The molecule has 0 bridgehead atoms. The van der Waals surface area contributed by atoms with E-state index in [1.807, 2.05) is 26.0 Å². The summed E-state index contributed by atoms with van der Waals surface area (Å²) in [5, 5.41) is 8.76. The van der Waals surface area contributed by atoms with Crippen molar-refractivity contribution in [3.8, 4) is 11.6 Å². The molecule has 2 heterocycles. The number of carboxylic acid groups (broad SMARTS) is 1. The zero-order valence-corrected chi connectivity index (χ0v) is 21.0. The van der Waals surface area contributed by atoms with Crippen molar-refractivity contribution >= 4 is 43.7 Å². The molecule has 1 saturated heterocycles. The fourth-order valence-corrected chi connectivity index (χ4v) is 6.96. The van der Waals surface area contributed by atoms with Crippen LogP contribution in [0.2, 0.25) is 0 Å². The van der Waals surface area contributed by atoms with E-state index in [-0.39, 0.29) is 10.9 Å². The van der Waals surface area contributed by atoms with Gasteiger partial charge in [-0.15, -0.1) is 11.8 Å². The van der Waals surface area contributed by atoms with E-state index in [4.69, 9.17) is 14.6 Å². The maximum absolute atomic E-state index is 13.3. The first kappa shape index (κ1) is 24.8. The van der Waals surface area contributed by atoms with Crippen molar-refractivity contribution in [2.24, 2.45) is 0 Å². The van der Waals surface area contributed by atoms with E-state index >= 15 is 0 Å². The van der Waals surface area contributed by atoms with Crippen molar-refractivity contribution in [1.29, 1.82) is 0 Å². The highest BCUT2D eigenvalue weighted by atomic mass is 79.9. The Morgan fingerprint density at radius 2 is 2.12 bits per heavy atom. The van der Waals surface area contributed by atoms with Gasteiger partial charge in [0.05, 0.1) is 17.3 Å². The van der Waals surface area contributed by atoms with Crippen molar-refractivity contribution in [3.63, 3.8) is 0 Å². The van der Waals surface area contributed by atoms with E-state index in [2.05, 4.69) is 20.9 Å². The molecular weight excluding hydrogens is 520 g/mol. The van der Waals surface area contributed by atoms with Gasteiger partial charge in [-0.2, -0.15) is 4.31 Å². The van der Waals surface area contributed by atoms with Crippen LogP contribution in [0.4, 0.5) is 0 Å². The van der Waals surface area contributed by atoms with Gasteiger partial charge in [0, 0.05) is 23.2 Å². The molecule has 1 N–H and O–H groups in total. The Morgan fingerprint density at radius 3 is 2.78 bits per heavy atom. The average molecular weight is 545 g/mol. The topological polar surface area (TPSA) is 106 Å². The molecule has 11 heteroatoms. The molecule has 0 unspecified atom stereocenters. The zero-order chi connectivity index (χ0) is 23.3. The van der Waals surface area contributed by atoms with Gasteiger partial charge >= 0.3 is 5.97 Å². The summed E-state index contributed by atoms with van der Waals surface area (Å²) >= 11 is 4.91. The number of hydrogen-bond donors (Lipinski definition) is 1. The number of carboxylic acids is 1. The maximum Gasteiger partial charge on any atom is 0.341 e. The van der Waals surface area contributed by atoms with E-state index in [0.29, 0.717) is 35.0 Å². The van der Waals surface area contributed by atoms with Crippen molar-refractivity contribution in [3.05, 3.63) is 40.5 Å². The summed E-state index contributed by atoms with van der Waals surface area (Å²) in [6, 6.07) is 6.93. The molecule has 1 aliphatic heterocycles. The van der Waals surface area contributed by atoms with Gasteiger partial charge in [-0.3, -0.25) is 0 Å². The summed E-state index contributed by atoms with van der Waals surface area (Å²) in [7, 11) is -3.68. The summed E-state index contributed by atoms with van der Waals surface area (Å²) in [4.78, 5) is 15.9. The highest BCUT2D eigenvalue weighted by Crippen LogP contribution is 2.33. The van der Waals surface area contributed by atoms with Crippen LogP contribution in [-0.2, 0) is 14.8 Å². The Morgan fingerprint density at radius 1 is 1.34 bits per heavy atom. The molecule has 0 radical (unpaired) electrons. The number of carbonyl (C=O) groups is 1. The summed E-state index contributed by atoms with van der Waals surface area (Å²) in [5.41, 5.74) is 0.831. The Balaban J connectivity index is 1.68. The third kappa shape index (κ3) is 5.94. The third-order valence-electron chi connectivity index (χ3n) is 4.93. The molecule has 1 aromatic carbocycles. The Bertz CT molecular complexity index is 1080. The van der Waals surface area contributed by atoms with E-state index in [1.54, 1.807) is 22.1 Å². The maximum atomic E-state index is 13.3. The molecule has 1 aromatic heterocycles. The quantitative estimate of drug-likeness (QED) is 0.448. The molecule has 1 aliphatic rings. The Labute approximate surface area is 200 Å². The van der Waals surface area contributed by atoms with Gasteiger partial charge in [-0.1, -0.05) is 0 Å². The predicted octanol–water partition coefficient (Wildman–Crippen LogP) is 3.96. The Kier molecular flexibility index (Phi) is 8.43. The minimum absolute atomic E-state index is 0.126. The average Bonchev–Trinajstić information content (AvgIpc) is 3.22. The lowest BCUT2D eigenvalue weighted by Gasteiger charge is -2.24. The van der Waals surface area contributed by atoms with Gasteiger partial charge < -0.3 is 14.6 Å². The van der Waals surface area contributed by atoms with Crippen LogP contribution < -0.4 is 9.47 Å². The number of ether oxygens (including phenoxy) is 2. The standard InChI is InChI=1S/C21H25BrN2O6S2/c1-3-29-21-18(22)10-17(11-23-21)32(27,28)24-8-4-5-15(24)13-31-16-6-7-19(14(2)9-16)30-12-20(25)26/h6-7,9-11,15H,3-5,8,12-13H2,1-2H3,(H,25,26)/t15-/m1/s1. The molecule has 0 spiro atoms. The number of sulfonamides is 1. The van der Waals surface area contributed by atoms with Gasteiger partial charge in [-0.05, 0) is 72.4 Å². The minimum atomic E-state index is -3.68. The van der Waals surface area contributed by atoms with E-state index in [1.165, 1.54) is 12.3 Å². The van der Waals surface area contributed by atoms with E-state index < -0.39 is 22.6 Å². The van der Waals surface area contributed by atoms with Gasteiger partial charge in [0.25, 0.3) is 0 Å². The van der Waals surface area contributed by atoms with Crippen molar-refractivity contribution in [1.82, 2.24) is 9.29 Å². The summed E-state index contributed by atoms with van der Waals surface area (Å²) in [5.74, 6) is 0.473. The minimum Gasteiger partial charge on any atom is -0.482 e. The van der Waals surface area contributed by atoms with Crippen molar-refractivity contribution < 1.29 is 27.8 Å². The van der Waals surface area contributed by atoms with Gasteiger partial charge in [0.15, 0.2) is 6.61 Å². The number of nitrogens with zero attached hydrogens (tertiary/aromatic N) is 2. The second-order valence-corrected chi connectivity index (χ2v) is 11.1. The second-order valence-electron chi connectivity index (χ2n) is 7.22. The molecular formula is C21H25BrN2O6S2. The SMILES string of the molecule is CCOc1ncc(S(=O)(=O)N2CCC[C@@H]2CSc2ccc(OCC(=O)O)c(C)c2)cc1Br. The number of rotatable bonds is 10. The van der Waals surface area contributed by atoms with Crippen molar-refractivity contribution in [2.45, 2.75) is 42.5 Å². The molecule has 1 atom stereocenters. The van der Waals surface area contributed by atoms with Crippen LogP contribution in [0.1, 0.15) is 25.3 Å². The molecule has 0 amide bonds. The number of aromatic nitrogens is 1. The normalized spacial score (nSPS) is 16.8. The zero-order valence-electron chi connectivity index (χ0n) is 17.8. The van der Waals surface area contributed by atoms with Crippen molar-refractivity contribution in [2.75, 3.05) is 25.5 Å². The van der Waals surface area contributed by atoms with Gasteiger partial charge in [-0.25, -0.2) is 18.2 Å². The number of thioether (sulfide) groups is 1. The first-order valence-corrected chi connectivity index (χ1v) is 13.3. The molecule has 0 aliphatic carbocycles. The Hall–Kier alpha value is -1.82. The fraction of sp³-hybridized carbons (Fsp3) is 0.429. The number of pyridine rings is 1. The lowest BCUT2D eigenvalue weighted by atomic mass is 10.2. The van der Waals surface area contributed by atoms with Crippen LogP contribution in [0.3, 0.4) is 0 Å². The lowest BCUT2D eigenvalue weighted by Crippen LogP contribution is -2.37. The second kappa shape index (κ2) is 10.9. The number of hydrogen-bond acceptors (Lipinski definition) is 7. The predicted molar refractivity (Wildman–Crippen MR) is 125 cm³/mol. The number of aryl methyl sites for hydroxylation is 1. The largest absolute Gasteiger partial charge is 0.482 e. The summed E-state index contributed by atoms with van der Waals surface area (Å²) in [6.45, 7) is 4.21. The molecule has 1 fully saturated rings. The van der Waals surface area contributed by atoms with Crippen LogP contribution in [0.25, 0.3) is 0 Å². The van der Waals surface area contributed by atoms with E-state index in [9.17, 15) is 13.2 Å². The summed E-state index contributed by atoms with van der Waals surface area (Å²) < 4.78 is 39.2. The molecule has 2 aromatic rings. The van der Waals surface area contributed by atoms with Crippen LogP contribution in [0.5, 0.6) is 11.6 Å². The lowest BCUT2D eigenvalue weighted by molar-refractivity contribution is -0.139. The first-order chi connectivity index (χ1) is 15.2. The van der Waals surface area contributed by atoms with Crippen LogP contribution in [-0.4, -0.2) is 60.3 Å². The molecule has 32 heavy (non-hydrogen) atoms.